The molecule has 2 rings (SSSR count). The third-order valence-electron chi connectivity index (χ3n) is 3.16. The molecule has 3 heteroatoms. The first-order chi connectivity index (χ1) is 6.38. The van der Waals surface area contributed by atoms with Crippen LogP contribution in [0.2, 0.25) is 0 Å². The van der Waals surface area contributed by atoms with Crippen LogP contribution in [0.25, 0.3) is 0 Å². The molecule has 1 atom stereocenters. The average molecular weight is 183 g/mol. The molecule has 0 radical (unpaired) electrons. The molecular weight excluding hydrogens is 166 g/mol. The molecule has 0 saturated carbocycles. The summed E-state index contributed by atoms with van der Waals surface area (Å²) in [5, 5.41) is 3.30. The highest BCUT2D eigenvalue weighted by Gasteiger charge is 2.30. The lowest BCUT2D eigenvalue weighted by atomic mass is 9.81. The van der Waals surface area contributed by atoms with Crippen LogP contribution >= 0.6 is 0 Å². The van der Waals surface area contributed by atoms with E-state index in [4.69, 9.17) is 4.74 Å². The van der Waals surface area contributed by atoms with Crippen molar-refractivity contribution < 1.29 is 9.53 Å². The van der Waals surface area contributed by atoms with Gasteiger partial charge in [0.25, 0.3) is 0 Å². The van der Waals surface area contributed by atoms with E-state index < -0.39 is 0 Å². The van der Waals surface area contributed by atoms with Crippen molar-refractivity contribution >= 4 is 5.78 Å². The molecule has 2 saturated heterocycles. The zero-order chi connectivity index (χ0) is 9.10. The second-order valence-electron chi connectivity index (χ2n) is 3.98. The van der Waals surface area contributed by atoms with Crippen molar-refractivity contribution in [2.75, 3.05) is 26.3 Å². The summed E-state index contributed by atoms with van der Waals surface area (Å²) in [7, 11) is 0. The third-order valence-corrected chi connectivity index (χ3v) is 3.16. The molecule has 0 spiro atoms. The van der Waals surface area contributed by atoms with E-state index in [9.17, 15) is 4.79 Å². The Morgan fingerprint density at radius 1 is 1.31 bits per heavy atom. The van der Waals surface area contributed by atoms with Crippen LogP contribution in [0.5, 0.6) is 0 Å². The summed E-state index contributed by atoms with van der Waals surface area (Å²) in [6.45, 7) is 3.45. The smallest absolute Gasteiger partial charge is 0.138 e. The summed E-state index contributed by atoms with van der Waals surface area (Å²) in [5.74, 6) is 1.32. The van der Waals surface area contributed by atoms with Crippen LogP contribution in [-0.4, -0.2) is 32.1 Å². The fourth-order valence-electron chi connectivity index (χ4n) is 2.32. The first-order valence-corrected chi connectivity index (χ1v) is 5.19. The van der Waals surface area contributed by atoms with Gasteiger partial charge < -0.3 is 10.1 Å². The fourth-order valence-corrected chi connectivity index (χ4v) is 2.32. The van der Waals surface area contributed by atoms with E-state index in [1.54, 1.807) is 0 Å². The van der Waals surface area contributed by atoms with Crippen LogP contribution in [0, 0.1) is 11.8 Å². The molecule has 1 N–H and O–H groups in total. The van der Waals surface area contributed by atoms with E-state index in [0.29, 0.717) is 11.7 Å². The topological polar surface area (TPSA) is 38.3 Å². The lowest BCUT2D eigenvalue weighted by molar-refractivity contribution is -0.126. The maximum absolute atomic E-state index is 11.6. The Labute approximate surface area is 78.8 Å². The molecule has 0 bridgehead atoms. The molecule has 74 valence electrons. The Balaban J connectivity index is 1.92. The quantitative estimate of drug-likeness (QED) is 0.646. The van der Waals surface area contributed by atoms with Gasteiger partial charge in [-0.2, -0.15) is 0 Å². The molecule has 13 heavy (non-hydrogen) atoms. The minimum absolute atomic E-state index is 0.276. The Morgan fingerprint density at radius 3 is 2.77 bits per heavy atom. The minimum Gasteiger partial charge on any atom is -0.381 e. The highest BCUT2D eigenvalue weighted by Crippen LogP contribution is 2.26. The number of rotatable bonds is 1. The molecular formula is C10H17NO2. The van der Waals surface area contributed by atoms with Gasteiger partial charge in [-0.3, -0.25) is 4.79 Å². The SMILES string of the molecule is O=C1CCNCC1C1CCOCC1. The number of carbonyl (C=O) groups is 1. The molecule has 2 aliphatic heterocycles. The summed E-state index contributed by atoms with van der Waals surface area (Å²) in [6, 6.07) is 0. The third kappa shape index (κ3) is 2.09. The van der Waals surface area contributed by atoms with E-state index in [0.717, 1.165) is 45.6 Å². The Morgan fingerprint density at radius 2 is 2.08 bits per heavy atom. The van der Waals surface area contributed by atoms with Crippen molar-refractivity contribution in [1.29, 1.82) is 0 Å². The molecule has 0 aromatic carbocycles. The number of ether oxygens (including phenoxy) is 1. The minimum atomic E-state index is 0.276. The fraction of sp³-hybridized carbons (Fsp3) is 0.900. The average Bonchev–Trinajstić information content (AvgIpc) is 2.20. The second kappa shape index (κ2) is 4.20. The van der Waals surface area contributed by atoms with E-state index >= 15 is 0 Å². The summed E-state index contributed by atoms with van der Waals surface area (Å²) in [4.78, 5) is 11.6. The van der Waals surface area contributed by atoms with Crippen molar-refractivity contribution in [2.45, 2.75) is 19.3 Å². The maximum atomic E-state index is 11.6. The van der Waals surface area contributed by atoms with Gasteiger partial charge in [0, 0.05) is 38.6 Å². The van der Waals surface area contributed by atoms with E-state index in [2.05, 4.69) is 5.32 Å². The predicted molar refractivity (Wildman–Crippen MR) is 49.5 cm³/mol. The first-order valence-electron chi connectivity index (χ1n) is 5.19. The molecule has 0 aliphatic carbocycles. The summed E-state index contributed by atoms with van der Waals surface area (Å²) >= 11 is 0. The summed E-state index contributed by atoms with van der Waals surface area (Å²) in [6.07, 6.45) is 2.86. The number of ketones is 1. The maximum Gasteiger partial charge on any atom is 0.138 e. The number of nitrogens with one attached hydrogen (secondary N) is 1. The van der Waals surface area contributed by atoms with Gasteiger partial charge in [0.1, 0.15) is 5.78 Å². The summed E-state index contributed by atoms with van der Waals surface area (Å²) < 4.78 is 5.29. The van der Waals surface area contributed by atoms with Crippen molar-refractivity contribution in [2.24, 2.45) is 11.8 Å². The van der Waals surface area contributed by atoms with Gasteiger partial charge in [-0.1, -0.05) is 0 Å². The van der Waals surface area contributed by atoms with Crippen molar-refractivity contribution in [1.82, 2.24) is 5.32 Å². The van der Waals surface area contributed by atoms with Crippen LogP contribution in [0.1, 0.15) is 19.3 Å². The van der Waals surface area contributed by atoms with Gasteiger partial charge in [-0.05, 0) is 18.8 Å². The molecule has 2 fully saturated rings. The Kier molecular flexibility index (Phi) is 2.96. The molecule has 3 nitrogen and oxygen atoms in total. The van der Waals surface area contributed by atoms with Crippen LogP contribution in [0.3, 0.4) is 0 Å². The number of Topliss-reactive ketones (excluding diaryl/α,β-unsaturated/α-hetero) is 1. The number of piperidine rings is 1. The number of hydrogen-bond donors (Lipinski definition) is 1. The zero-order valence-electron chi connectivity index (χ0n) is 7.92. The normalized spacial score (nSPS) is 32.0. The molecule has 1 unspecified atom stereocenters. The molecule has 2 heterocycles. The lowest BCUT2D eigenvalue weighted by Crippen LogP contribution is -2.42. The van der Waals surface area contributed by atoms with Crippen molar-refractivity contribution in [3.63, 3.8) is 0 Å². The first kappa shape index (κ1) is 9.16. The van der Waals surface area contributed by atoms with Crippen molar-refractivity contribution in [3.8, 4) is 0 Å². The summed E-state index contributed by atoms with van der Waals surface area (Å²) in [5.41, 5.74) is 0. The van der Waals surface area contributed by atoms with Crippen molar-refractivity contribution in [3.05, 3.63) is 0 Å². The van der Waals surface area contributed by atoms with Crippen LogP contribution < -0.4 is 5.32 Å². The predicted octanol–water partition coefficient (Wildman–Crippen LogP) is 0.592. The number of hydrogen-bond acceptors (Lipinski definition) is 3. The molecule has 0 aromatic heterocycles. The van der Waals surface area contributed by atoms with Gasteiger partial charge in [-0.15, -0.1) is 0 Å². The van der Waals surface area contributed by atoms with Gasteiger partial charge in [-0.25, -0.2) is 0 Å². The standard InChI is InChI=1S/C10H17NO2/c12-10-1-4-11-7-9(10)8-2-5-13-6-3-8/h8-9,11H,1-7H2. The Bertz CT molecular complexity index is 187. The van der Waals surface area contributed by atoms with E-state index in [1.807, 2.05) is 0 Å². The molecule has 2 aliphatic rings. The van der Waals surface area contributed by atoms with Gasteiger partial charge in [0.2, 0.25) is 0 Å². The van der Waals surface area contributed by atoms with Crippen LogP contribution in [-0.2, 0) is 9.53 Å². The lowest BCUT2D eigenvalue weighted by Gasteiger charge is -2.32. The van der Waals surface area contributed by atoms with Gasteiger partial charge in [0.05, 0.1) is 0 Å². The highest BCUT2D eigenvalue weighted by atomic mass is 16.5. The van der Waals surface area contributed by atoms with Crippen LogP contribution in [0.15, 0.2) is 0 Å². The van der Waals surface area contributed by atoms with E-state index in [1.165, 1.54) is 0 Å². The van der Waals surface area contributed by atoms with E-state index in [-0.39, 0.29) is 5.92 Å². The largest absolute Gasteiger partial charge is 0.381 e. The molecule has 0 aromatic rings. The Hall–Kier alpha value is -0.410. The zero-order valence-corrected chi connectivity index (χ0v) is 7.92. The van der Waals surface area contributed by atoms with Gasteiger partial charge in [0.15, 0.2) is 0 Å². The molecule has 0 amide bonds. The van der Waals surface area contributed by atoms with Gasteiger partial charge >= 0.3 is 0 Å². The number of carbonyl (C=O) groups excluding carboxylic acids is 1. The highest BCUT2D eigenvalue weighted by molar-refractivity contribution is 5.82. The monoisotopic (exact) mass is 183 g/mol. The van der Waals surface area contributed by atoms with Crippen LogP contribution in [0.4, 0.5) is 0 Å². The second-order valence-corrected chi connectivity index (χ2v) is 3.98.